The molecule has 0 saturated carbocycles. The first-order valence-corrected chi connectivity index (χ1v) is 5.38. The quantitative estimate of drug-likeness (QED) is 0.335. The summed E-state index contributed by atoms with van der Waals surface area (Å²) in [4.78, 5) is 8.43. The summed E-state index contributed by atoms with van der Waals surface area (Å²) >= 11 is 11.3. The normalized spacial score (nSPS) is 19.8. The van der Waals surface area contributed by atoms with E-state index in [1.165, 1.54) is 0 Å². The Kier molecular flexibility index (Phi) is 3.09. The van der Waals surface area contributed by atoms with Crippen molar-refractivity contribution in [2.75, 3.05) is 0 Å². The van der Waals surface area contributed by atoms with E-state index in [0.29, 0.717) is 0 Å². The van der Waals surface area contributed by atoms with Crippen molar-refractivity contribution in [1.82, 2.24) is 4.49 Å². The van der Waals surface area contributed by atoms with Crippen LogP contribution in [0.4, 0.5) is 0 Å². The van der Waals surface area contributed by atoms with Crippen LogP contribution in [0.25, 0.3) is 0 Å². The standard InChI is InChI=1S/H4NOPS3/c2-3(5,6)1-4/h4H,(H3,1,2,5,6). The molecule has 0 amide bonds. The molecule has 0 heterocycles. The van der Waals surface area contributed by atoms with E-state index in [2.05, 4.69) is 41.4 Å². The average Bonchev–Trinajstić information content (AvgIpc) is 1.35. The van der Waals surface area contributed by atoms with Crippen LogP contribution in [0.1, 0.15) is 0 Å². The van der Waals surface area contributed by atoms with E-state index in [1.807, 2.05) is 0 Å². The van der Waals surface area contributed by atoms with Crippen LogP contribution in [0.3, 0.4) is 0 Å². The largest absolute Gasteiger partial charge is 0.346 e. The topological polar surface area (TPSA) is 32.3 Å². The van der Waals surface area contributed by atoms with Crippen molar-refractivity contribution in [3.63, 3.8) is 0 Å². The molecule has 0 radical (unpaired) electrons. The van der Waals surface area contributed by atoms with E-state index in [0.717, 1.165) is 0 Å². The van der Waals surface area contributed by atoms with Crippen molar-refractivity contribution in [3.05, 3.63) is 0 Å². The second-order valence-electron chi connectivity index (χ2n) is 0.644. The monoisotopic (exact) mass is 161 g/mol. The molecule has 38 valence electrons. The van der Waals surface area contributed by atoms with Crippen molar-refractivity contribution in [2.24, 2.45) is 0 Å². The first-order valence-electron chi connectivity index (χ1n) is 1.03. The summed E-state index contributed by atoms with van der Waals surface area (Å²) in [5.41, 5.74) is -2.50. The minimum atomic E-state index is -2.50. The van der Waals surface area contributed by atoms with Crippen LogP contribution in [-0.2, 0) is 11.8 Å². The molecule has 2 N–H and O–H groups in total. The Morgan fingerprint density at radius 3 is 2.00 bits per heavy atom. The molecule has 0 rings (SSSR count). The number of thiol groups is 2. The maximum Gasteiger partial charge on any atom is 0.189 e. The van der Waals surface area contributed by atoms with Gasteiger partial charge in [-0.25, -0.2) is 4.49 Å². The fraction of sp³-hybridized carbons (Fsp3) is 0. The van der Waals surface area contributed by atoms with Gasteiger partial charge in [0, 0.05) is 0 Å². The maximum atomic E-state index is 8.43. The van der Waals surface area contributed by atoms with E-state index < -0.39 is 5.62 Å². The van der Waals surface area contributed by atoms with Crippen molar-refractivity contribution in [2.45, 2.75) is 0 Å². The van der Waals surface area contributed by atoms with Crippen molar-refractivity contribution in [3.8, 4) is 0 Å². The van der Waals surface area contributed by atoms with Gasteiger partial charge in [0.15, 0.2) is 5.62 Å². The molecule has 0 aliphatic rings. The van der Waals surface area contributed by atoms with Crippen LogP contribution in [0.15, 0.2) is 0 Å². The van der Waals surface area contributed by atoms with Gasteiger partial charge in [-0.1, -0.05) is 25.1 Å². The fourth-order valence-corrected chi connectivity index (χ4v) is 0. The number of hydrogen-bond acceptors (Lipinski definition) is 2. The molecule has 0 saturated heterocycles. The Bertz CT molecular complexity index is 74.9. The van der Waals surface area contributed by atoms with Gasteiger partial charge in [-0.2, -0.15) is 0 Å². The molecule has 2 nitrogen and oxygen atoms in total. The van der Waals surface area contributed by atoms with Crippen LogP contribution in [0, 0.1) is 0 Å². The van der Waals surface area contributed by atoms with E-state index in [1.54, 1.807) is 0 Å². The summed E-state index contributed by atoms with van der Waals surface area (Å²) < 4.78 is 2.14. The van der Waals surface area contributed by atoms with Gasteiger partial charge in [-0.15, -0.1) is 0 Å². The van der Waals surface area contributed by atoms with Crippen LogP contribution in [-0.4, -0.2) is 4.89 Å². The van der Waals surface area contributed by atoms with Crippen LogP contribution >= 0.6 is 30.7 Å². The molecule has 0 aliphatic carbocycles. The molecule has 0 aromatic carbocycles. The number of nitrogens with one attached hydrogen (secondary N) is 1. The molecule has 6 heavy (non-hydrogen) atoms. The van der Waals surface area contributed by atoms with Gasteiger partial charge in [0.1, 0.15) is 0 Å². The second-order valence-corrected chi connectivity index (χ2v) is 6.67. The lowest BCUT2D eigenvalue weighted by atomic mass is 13.9. The zero-order valence-electron chi connectivity index (χ0n) is 2.70. The zero-order valence-corrected chi connectivity index (χ0v) is 6.20. The van der Waals surface area contributed by atoms with Crippen LogP contribution in [0.2, 0.25) is 0 Å². The molecular weight excluding hydrogens is 157 g/mol. The molecule has 0 aliphatic heterocycles. The lowest BCUT2D eigenvalue weighted by molar-refractivity contribution is 0.637. The Labute approximate surface area is 52.2 Å². The third-order valence-electron chi connectivity index (χ3n) is 0.130. The molecule has 0 spiro atoms. The first kappa shape index (κ1) is 7.27. The number of rotatable bonds is 1. The number of hydrogen-bond donors (Lipinski definition) is 4. The molecule has 0 aromatic rings. The summed E-state index contributed by atoms with van der Waals surface area (Å²) in [6, 6.07) is 0. The predicted molar refractivity (Wildman–Crippen MR) is 37.6 cm³/mol. The van der Waals surface area contributed by atoms with E-state index in [-0.39, 0.29) is 0 Å². The SMILES string of the molecule is OP(=S)(S)NS. The van der Waals surface area contributed by atoms with E-state index >= 15 is 0 Å². The molecule has 0 fully saturated rings. The fourth-order valence-electron chi connectivity index (χ4n) is 0. The molecular formula is H4NOPS3. The maximum absolute atomic E-state index is 8.43. The van der Waals surface area contributed by atoms with Crippen LogP contribution < -0.4 is 4.49 Å². The molecule has 6 heteroatoms. The van der Waals surface area contributed by atoms with Crippen molar-refractivity contribution >= 4 is 42.5 Å². The van der Waals surface area contributed by atoms with Crippen molar-refractivity contribution < 1.29 is 4.89 Å². The van der Waals surface area contributed by atoms with Gasteiger partial charge in [0.25, 0.3) is 0 Å². The highest BCUT2D eigenvalue weighted by molar-refractivity contribution is 8.61. The van der Waals surface area contributed by atoms with E-state index in [4.69, 9.17) is 4.89 Å². The lowest BCUT2D eigenvalue weighted by Gasteiger charge is -1.99. The highest BCUT2D eigenvalue weighted by Crippen LogP contribution is 2.41. The minimum absolute atomic E-state index is 2.14. The van der Waals surface area contributed by atoms with Crippen LogP contribution in [0.5, 0.6) is 0 Å². The summed E-state index contributed by atoms with van der Waals surface area (Å²) in [5, 5.41) is 0. The molecule has 0 aromatic heterocycles. The Morgan fingerprint density at radius 1 is 1.83 bits per heavy atom. The van der Waals surface area contributed by atoms with Gasteiger partial charge >= 0.3 is 0 Å². The van der Waals surface area contributed by atoms with E-state index in [9.17, 15) is 0 Å². The Balaban J connectivity index is 3.48. The third kappa shape index (κ3) is 5.27. The highest BCUT2D eigenvalue weighted by atomic mass is 32.9. The van der Waals surface area contributed by atoms with Gasteiger partial charge in [-0.3, -0.25) is 0 Å². The smallest absolute Gasteiger partial charge is 0.189 e. The summed E-state index contributed by atoms with van der Waals surface area (Å²) in [7, 11) is 0. The molecule has 1 atom stereocenters. The lowest BCUT2D eigenvalue weighted by Crippen LogP contribution is -1.84. The summed E-state index contributed by atoms with van der Waals surface area (Å²) in [5.74, 6) is 0. The minimum Gasteiger partial charge on any atom is -0.346 e. The zero-order chi connectivity index (χ0) is 5.21. The Morgan fingerprint density at radius 2 is 2.00 bits per heavy atom. The predicted octanol–water partition coefficient (Wildman–Crippen LogP) is 0.567. The summed E-state index contributed by atoms with van der Waals surface area (Å²) in [6.45, 7) is 0. The Hall–Kier alpha value is 1.27. The van der Waals surface area contributed by atoms with Gasteiger partial charge in [-0.05, 0) is 11.8 Å². The molecule has 1 unspecified atom stereocenters. The third-order valence-corrected chi connectivity index (χ3v) is 2.71. The first-order chi connectivity index (χ1) is 2.56. The van der Waals surface area contributed by atoms with Gasteiger partial charge in [0.05, 0.1) is 0 Å². The van der Waals surface area contributed by atoms with Crippen molar-refractivity contribution in [1.29, 1.82) is 0 Å². The highest BCUT2D eigenvalue weighted by Gasteiger charge is 1.96. The van der Waals surface area contributed by atoms with Gasteiger partial charge < -0.3 is 4.89 Å². The average molecular weight is 161 g/mol. The van der Waals surface area contributed by atoms with Gasteiger partial charge in [0.2, 0.25) is 0 Å². The molecule has 0 bridgehead atoms. The second kappa shape index (κ2) is 2.55. The summed E-state index contributed by atoms with van der Waals surface area (Å²) in [6.07, 6.45) is 0.